The number of hydrogen-bond acceptors (Lipinski definition) is 5. The first-order valence-corrected chi connectivity index (χ1v) is 6.79. The molecule has 0 spiro atoms. The predicted molar refractivity (Wildman–Crippen MR) is 75.4 cm³/mol. The molecule has 1 aromatic heterocycles. The molecule has 19 heavy (non-hydrogen) atoms. The molecule has 2 aromatic rings. The van der Waals surface area contributed by atoms with Crippen LogP contribution < -0.4 is 0 Å². The molecule has 1 aromatic carbocycles. The van der Waals surface area contributed by atoms with Crippen molar-refractivity contribution in [3.05, 3.63) is 34.6 Å². The number of benzene rings is 1. The minimum absolute atomic E-state index is 0.0545. The highest BCUT2D eigenvalue weighted by atomic mass is 79.9. The van der Waals surface area contributed by atoms with Crippen LogP contribution in [0.5, 0.6) is 0 Å². The summed E-state index contributed by atoms with van der Waals surface area (Å²) in [5, 5.41) is 17.2. The van der Waals surface area contributed by atoms with E-state index in [1.54, 1.807) is 0 Å². The van der Waals surface area contributed by atoms with Crippen molar-refractivity contribution in [3.63, 3.8) is 0 Å². The second-order valence-corrected chi connectivity index (χ2v) is 5.28. The highest BCUT2D eigenvalue weighted by molar-refractivity contribution is 9.10. The summed E-state index contributed by atoms with van der Waals surface area (Å²) in [6, 6.07) is 7.75. The first-order valence-electron chi connectivity index (χ1n) is 6.00. The molecule has 1 unspecified atom stereocenters. The SMILES string of the molecule is CC(CO)N(C)Cc1nnc(-c2ccccc2Br)o1. The van der Waals surface area contributed by atoms with E-state index in [1.165, 1.54) is 0 Å². The summed E-state index contributed by atoms with van der Waals surface area (Å²) in [6.07, 6.45) is 0. The number of nitrogens with zero attached hydrogens (tertiary/aromatic N) is 3. The first-order chi connectivity index (χ1) is 9.11. The van der Waals surface area contributed by atoms with Gasteiger partial charge in [0.25, 0.3) is 0 Å². The number of halogens is 1. The minimum atomic E-state index is 0.0545. The summed E-state index contributed by atoms with van der Waals surface area (Å²) < 4.78 is 6.56. The number of likely N-dealkylation sites (N-methyl/N-ethyl adjacent to an activating group) is 1. The van der Waals surface area contributed by atoms with Crippen LogP contribution in [0.15, 0.2) is 33.2 Å². The van der Waals surface area contributed by atoms with Gasteiger partial charge in [-0.3, -0.25) is 4.90 Å². The van der Waals surface area contributed by atoms with E-state index in [-0.39, 0.29) is 12.6 Å². The summed E-state index contributed by atoms with van der Waals surface area (Å²) in [5.74, 6) is 1.03. The minimum Gasteiger partial charge on any atom is -0.419 e. The molecule has 0 bridgehead atoms. The van der Waals surface area contributed by atoms with Gasteiger partial charge in [0.2, 0.25) is 11.8 Å². The molecule has 1 N–H and O–H groups in total. The van der Waals surface area contributed by atoms with Gasteiger partial charge in [0.15, 0.2) is 0 Å². The Kier molecular flexibility index (Phi) is 4.68. The van der Waals surface area contributed by atoms with Gasteiger partial charge in [-0.25, -0.2) is 0 Å². The van der Waals surface area contributed by atoms with Crippen LogP contribution in [0.25, 0.3) is 11.5 Å². The number of aliphatic hydroxyl groups is 1. The number of aromatic nitrogens is 2. The van der Waals surface area contributed by atoms with Gasteiger partial charge in [0.1, 0.15) is 0 Å². The van der Waals surface area contributed by atoms with E-state index >= 15 is 0 Å². The van der Waals surface area contributed by atoms with Crippen molar-refractivity contribution in [2.24, 2.45) is 0 Å². The summed E-state index contributed by atoms with van der Waals surface area (Å²) in [5.41, 5.74) is 0.874. The van der Waals surface area contributed by atoms with Gasteiger partial charge in [-0.1, -0.05) is 12.1 Å². The maximum atomic E-state index is 9.09. The molecule has 5 nitrogen and oxygen atoms in total. The van der Waals surface area contributed by atoms with E-state index < -0.39 is 0 Å². The molecule has 0 aliphatic rings. The Hall–Kier alpha value is -1.24. The quantitative estimate of drug-likeness (QED) is 0.914. The van der Waals surface area contributed by atoms with Crippen LogP contribution in [0.3, 0.4) is 0 Å². The lowest BCUT2D eigenvalue weighted by Gasteiger charge is -2.20. The molecular formula is C13H16BrN3O2. The van der Waals surface area contributed by atoms with Gasteiger partial charge in [0, 0.05) is 10.5 Å². The van der Waals surface area contributed by atoms with E-state index in [1.807, 2.05) is 43.1 Å². The molecule has 2 rings (SSSR count). The maximum absolute atomic E-state index is 9.09. The summed E-state index contributed by atoms with van der Waals surface area (Å²) in [4.78, 5) is 1.96. The fourth-order valence-electron chi connectivity index (χ4n) is 1.57. The third-order valence-corrected chi connectivity index (χ3v) is 3.66. The van der Waals surface area contributed by atoms with Crippen molar-refractivity contribution in [1.82, 2.24) is 15.1 Å². The second kappa shape index (κ2) is 6.27. The molecule has 0 aliphatic carbocycles. The number of hydrogen-bond donors (Lipinski definition) is 1. The Morgan fingerprint density at radius 2 is 2.11 bits per heavy atom. The molecule has 0 amide bonds. The molecule has 1 atom stereocenters. The second-order valence-electron chi connectivity index (χ2n) is 4.43. The van der Waals surface area contributed by atoms with Crippen molar-refractivity contribution >= 4 is 15.9 Å². The van der Waals surface area contributed by atoms with E-state index in [0.717, 1.165) is 10.0 Å². The van der Waals surface area contributed by atoms with Crippen LogP contribution in [-0.2, 0) is 6.54 Å². The molecule has 0 saturated heterocycles. The van der Waals surface area contributed by atoms with Crippen LogP contribution in [0.2, 0.25) is 0 Å². The fourth-order valence-corrected chi connectivity index (χ4v) is 2.02. The fraction of sp³-hybridized carbons (Fsp3) is 0.385. The van der Waals surface area contributed by atoms with E-state index in [9.17, 15) is 0 Å². The summed E-state index contributed by atoms with van der Waals surface area (Å²) in [7, 11) is 1.91. The molecule has 0 radical (unpaired) electrons. The standard InChI is InChI=1S/C13H16BrN3O2/c1-9(8-18)17(2)7-12-15-16-13(19-12)10-5-3-4-6-11(10)14/h3-6,9,18H,7-8H2,1-2H3. The topological polar surface area (TPSA) is 62.4 Å². The van der Waals surface area contributed by atoms with Crippen molar-refractivity contribution in [3.8, 4) is 11.5 Å². The highest BCUT2D eigenvalue weighted by Gasteiger charge is 2.15. The highest BCUT2D eigenvalue weighted by Crippen LogP contribution is 2.26. The van der Waals surface area contributed by atoms with Gasteiger partial charge in [0.05, 0.1) is 18.7 Å². The van der Waals surface area contributed by atoms with Gasteiger partial charge in [-0.2, -0.15) is 0 Å². The monoisotopic (exact) mass is 325 g/mol. The van der Waals surface area contributed by atoms with Gasteiger partial charge in [-0.15, -0.1) is 10.2 Å². The van der Waals surface area contributed by atoms with E-state index in [4.69, 9.17) is 9.52 Å². The normalized spacial score (nSPS) is 12.9. The van der Waals surface area contributed by atoms with Crippen LogP contribution >= 0.6 is 15.9 Å². The van der Waals surface area contributed by atoms with Crippen LogP contribution in [0, 0.1) is 0 Å². The third kappa shape index (κ3) is 3.40. The third-order valence-electron chi connectivity index (χ3n) is 2.97. The zero-order valence-corrected chi connectivity index (χ0v) is 12.5. The molecule has 6 heteroatoms. The summed E-state index contributed by atoms with van der Waals surface area (Å²) in [6.45, 7) is 2.55. The Labute approximate surface area is 120 Å². The lowest BCUT2D eigenvalue weighted by atomic mass is 10.2. The van der Waals surface area contributed by atoms with Gasteiger partial charge >= 0.3 is 0 Å². The molecule has 0 aliphatic heterocycles. The molecule has 0 saturated carbocycles. The molecule has 102 valence electrons. The molecular weight excluding hydrogens is 310 g/mol. The largest absolute Gasteiger partial charge is 0.419 e. The maximum Gasteiger partial charge on any atom is 0.248 e. The van der Waals surface area contributed by atoms with E-state index in [0.29, 0.717) is 18.3 Å². The van der Waals surface area contributed by atoms with Gasteiger partial charge in [-0.05, 0) is 42.0 Å². The predicted octanol–water partition coefficient (Wildman–Crippen LogP) is 2.31. The molecule has 0 fully saturated rings. The van der Waals surface area contributed by atoms with E-state index in [2.05, 4.69) is 26.1 Å². The zero-order valence-electron chi connectivity index (χ0n) is 10.9. The number of rotatable bonds is 5. The van der Waals surface area contributed by atoms with Crippen molar-refractivity contribution < 1.29 is 9.52 Å². The zero-order chi connectivity index (χ0) is 13.8. The Morgan fingerprint density at radius 1 is 1.37 bits per heavy atom. The Morgan fingerprint density at radius 3 is 2.79 bits per heavy atom. The van der Waals surface area contributed by atoms with Crippen molar-refractivity contribution in [2.75, 3.05) is 13.7 Å². The first kappa shape index (κ1) is 14.2. The lowest BCUT2D eigenvalue weighted by Crippen LogP contribution is -2.31. The van der Waals surface area contributed by atoms with Crippen LogP contribution in [-0.4, -0.2) is 39.9 Å². The van der Waals surface area contributed by atoms with Crippen molar-refractivity contribution in [1.29, 1.82) is 0 Å². The van der Waals surface area contributed by atoms with Crippen molar-refractivity contribution in [2.45, 2.75) is 19.5 Å². The Balaban J connectivity index is 2.14. The lowest BCUT2D eigenvalue weighted by molar-refractivity contribution is 0.145. The average Bonchev–Trinajstić information content (AvgIpc) is 2.86. The number of aliphatic hydroxyl groups excluding tert-OH is 1. The smallest absolute Gasteiger partial charge is 0.248 e. The van der Waals surface area contributed by atoms with Crippen LogP contribution in [0.4, 0.5) is 0 Å². The molecule has 1 heterocycles. The van der Waals surface area contributed by atoms with Gasteiger partial charge < -0.3 is 9.52 Å². The summed E-state index contributed by atoms with van der Waals surface area (Å²) >= 11 is 3.46. The Bertz CT molecular complexity index is 544. The van der Waals surface area contributed by atoms with Crippen LogP contribution in [0.1, 0.15) is 12.8 Å². The average molecular weight is 326 g/mol.